The van der Waals surface area contributed by atoms with E-state index in [0.29, 0.717) is 6.04 Å². The molecule has 0 radical (unpaired) electrons. The molecule has 1 heterocycles. The third kappa shape index (κ3) is 5.77. The minimum atomic E-state index is -0.429. The van der Waals surface area contributed by atoms with Crippen molar-refractivity contribution in [2.75, 3.05) is 18.4 Å². The van der Waals surface area contributed by atoms with Crippen LogP contribution in [-0.2, 0) is 11.2 Å². The van der Waals surface area contributed by atoms with Crippen LogP contribution in [0.25, 0.3) is 0 Å². The normalized spacial score (nSPS) is 19.1. The van der Waals surface area contributed by atoms with E-state index >= 15 is 0 Å². The molecule has 1 aliphatic rings. The van der Waals surface area contributed by atoms with Gasteiger partial charge >= 0.3 is 6.09 Å². The molecular formula is C19H30N2O2. The van der Waals surface area contributed by atoms with Gasteiger partial charge in [0.05, 0.1) is 0 Å². The van der Waals surface area contributed by atoms with Crippen LogP contribution in [0, 0.1) is 0 Å². The molecule has 0 aromatic heterocycles. The van der Waals surface area contributed by atoms with Crippen LogP contribution >= 0.6 is 0 Å². The van der Waals surface area contributed by atoms with Crippen LogP contribution in [0.5, 0.6) is 0 Å². The lowest BCUT2D eigenvalue weighted by Crippen LogP contribution is -2.37. The van der Waals surface area contributed by atoms with Crippen molar-refractivity contribution in [2.24, 2.45) is 0 Å². The molecule has 128 valence electrons. The SMILES string of the molecule is CCc1ccc(NC2CCCN(C(=O)OC(C)(C)C)CC2)cc1. The van der Waals surface area contributed by atoms with E-state index in [1.165, 1.54) is 5.56 Å². The van der Waals surface area contributed by atoms with Crippen molar-refractivity contribution in [1.82, 2.24) is 4.90 Å². The van der Waals surface area contributed by atoms with Gasteiger partial charge in [-0.2, -0.15) is 0 Å². The summed E-state index contributed by atoms with van der Waals surface area (Å²) >= 11 is 0. The van der Waals surface area contributed by atoms with Crippen molar-refractivity contribution in [3.8, 4) is 0 Å². The highest BCUT2D eigenvalue weighted by Gasteiger charge is 2.25. The standard InChI is InChI=1S/C19H30N2O2/c1-5-15-8-10-17(11-9-15)20-16-7-6-13-21(14-12-16)18(22)23-19(2,3)4/h8-11,16,20H,5-7,12-14H2,1-4H3. The van der Waals surface area contributed by atoms with Gasteiger partial charge in [0.1, 0.15) is 5.60 Å². The Labute approximate surface area is 140 Å². The van der Waals surface area contributed by atoms with E-state index in [-0.39, 0.29) is 6.09 Å². The fraction of sp³-hybridized carbons (Fsp3) is 0.632. The number of hydrogen-bond donors (Lipinski definition) is 1. The molecule has 0 spiro atoms. The van der Waals surface area contributed by atoms with Crippen LogP contribution in [0.3, 0.4) is 0 Å². The molecule has 4 heteroatoms. The van der Waals surface area contributed by atoms with Crippen LogP contribution in [0.15, 0.2) is 24.3 Å². The average molecular weight is 318 g/mol. The van der Waals surface area contributed by atoms with E-state index in [0.717, 1.165) is 44.5 Å². The van der Waals surface area contributed by atoms with Gasteiger partial charge < -0.3 is 15.0 Å². The molecular weight excluding hydrogens is 288 g/mol. The average Bonchev–Trinajstić information content (AvgIpc) is 2.72. The molecule has 4 nitrogen and oxygen atoms in total. The van der Waals surface area contributed by atoms with Gasteiger partial charge in [-0.15, -0.1) is 0 Å². The summed E-state index contributed by atoms with van der Waals surface area (Å²) < 4.78 is 5.48. The molecule has 1 aliphatic heterocycles. The Kier molecular flexibility index (Phi) is 5.91. The molecule has 1 aromatic rings. The number of aryl methyl sites for hydroxylation is 1. The highest BCUT2D eigenvalue weighted by molar-refractivity contribution is 5.68. The predicted molar refractivity (Wildman–Crippen MR) is 94.9 cm³/mol. The Morgan fingerprint density at radius 3 is 2.52 bits per heavy atom. The molecule has 2 rings (SSSR count). The number of carbonyl (C=O) groups is 1. The first kappa shape index (κ1) is 17.6. The maximum Gasteiger partial charge on any atom is 0.410 e. The number of likely N-dealkylation sites (tertiary alicyclic amines) is 1. The van der Waals surface area contributed by atoms with Gasteiger partial charge in [0.15, 0.2) is 0 Å². The summed E-state index contributed by atoms with van der Waals surface area (Å²) in [7, 11) is 0. The minimum absolute atomic E-state index is 0.189. The first-order valence-electron chi connectivity index (χ1n) is 8.71. The van der Waals surface area contributed by atoms with E-state index in [1.54, 1.807) is 0 Å². The monoisotopic (exact) mass is 318 g/mol. The van der Waals surface area contributed by atoms with E-state index in [9.17, 15) is 4.79 Å². The zero-order valence-corrected chi connectivity index (χ0v) is 14.9. The van der Waals surface area contributed by atoms with Gasteiger partial charge in [-0.3, -0.25) is 0 Å². The van der Waals surface area contributed by atoms with Crippen molar-refractivity contribution in [3.63, 3.8) is 0 Å². The Morgan fingerprint density at radius 2 is 1.91 bits per heavy atom. The number of nitrogens with one attached hydrogen (secondary N) is 1. The topological polar surface area (TPSA) is 41.6 Å². The summed E-state index contributed by atoms with van der Waals surface area (Å²) in [6.45, 7) is 9.42. The highest BCUT2D eigenvalue weighted by Crippen LogP contribution is 2.19. The van der Waals surface area contributed by atoms with Crippen LogP contribution < -0.4 is 5.32 Å². The first-order chi connectivity index (χ1) is 10.9. The molecule has 1 N–H and O–H groups in total. The Balaban J connectivity index is 1.86. The van der Waals surface area contributed by atoms with Gasteiger partial charge in [0.2, 0.25) is 0 Å². The number of nitrogens with zero attached hydrogens (tertiary/aromatic N) is 1. The van der Waals surface area contributed by atoms with Crippen molar-refractivity contribution in [2.45, 2.75) is 65.0 Å². The third-order valence-corrected chi connectivity index (χ3v) is 4.11. The Morgan fingerprint density at radius 1 is 1.22 bits per heavy atom. The fourth-order valence-corrected chi connectivity index (χ4v) is 2.82. The second-order valence-electron chi connectivity index (χ2n) is 7.29. The summed E-state index contributed by atoms with van der Waals surface area (Å²) in [4.78, 5) is 14.0. The highest BCUT2D eigenvalue weighted by atomic mass is 16.6. The van der Waals surface area contributed by atoms with Crippen molar-refractivity contribution < 1.29 is 9.53 Å². The zero-order valence-electron chi connectivity index (χ0n) is 14.9. The summed E-state index contributed by atoms with van der Waals surface area (Å²) in [5, 5.41) is 3.60. The third-order valence-electron chi connectivity index (χ3n) is 4.11. The van der Waals surface area contributed by atoms with Gasteiger partial charge in [-0.05, 0) is 64.2 Å². The molecule has 1 atom stereocenters. The largest absolute Gasteiger partial charge is 0.444 e. The molecule has 1 unspecified atom stereocenters. The first-order valence-corrected chi connectivity index (χ1v) is 8.71. The van der Waals surface area contributed by atoms with Crippen LogP contribution in [0.2, 0.25) is 0 Å². The van der Waals surface area contributed by atoms with Gasteiger partial charge in [-0.1, -0.05) is 19.1 Å². The summed E-state index contributed by atoms with van der Waals surface area (Å²) in [5.41, 5.74) is 2.09. The summed E-state index contributed by atoms with van der Waals surface area (Å²) in [6, 6.07) is 9.05. The number of hydrogen-bond acceptors (Lipinski definition) is 3. The summed E-state index contributed by atoms with van der Waals surface area (Å²) in [6.07, 6.45) is 3.91. The van der Waals surface area contributed by atoms with Crippen LogP contribution in [-0.4, -0.2) is 35.7 Å². The quantitative estimate of drug-likeness (QED) is 0.895. The molecule has 1 aromatic carbocycles. The lowest BCUT2D eigenvalue weighted by atomic mass is 10.1. The number of carbonyl (C=O) groups excluding carboxylic acids is 1. The maximum absolute atomic E-state index is 12.2. The number of benzene rings is 1. The zero-order chi connectivity index (χ0) is 16.9. The predicted octanol–water partition coefficient (Wildman–Crippen LogP) is 4.45. The lowest BCUT2D eigenvalue weighted by Gasteiger charge is -2.26. The second kappa shape index (κ2) is 7.71. The number of anilines is 1. The smallest absolute Gasteiger partial charge is 0.410 e. The lowest BCUT2D eigenvalue weighted by molar-refractivity contribution is 0.0256. The van der Waals surface area contributed by atoms with Crippen LogP contribution in [0.4, 0.5) is 10.5 Å². The van der Waals surface area contributed by atoms with Gasteiger partial charge in [0, 0.05) is 24.8 Å². The number of ether oxygens (including phenoxy) is 1. The molecule has 0 saturated carbocycles. The van der Waals surface area contributed by atoms with Crippen LogP contribution in [0.1, 0.15) is 52.5 Å². The second-order valence-corrected chi connectivity index (χ2v) is 7.29. The van der Waals surface area contributed by atoms with Crippen molar-refractivity contribution >= 4 is 11.8 Å². The van der Waals surface area contributed by atoms with Crippen molar-refractivity contribution in [3.05, 3.63) is 29.8 Å². The molecule has 0 bridgehead atoms. The fourth-order valence-electron chi connectivity index (χ4n) is 2.82. The summed E-state index contributed by atoms with van der Waals surface area (Å²) in [5.74, 6) is 0. The minimum Gasteiger partial charge on any atom is -0.444 e. The van der Waals surface area contributed by atoms with E-state index in [2.05, 4.69) is 36.5 Å². The van der Waals surface area contributed by atoms with Gasteiger partial charge in [0.25, 0.3) is 0 Å². The van der Waals surface area contributed by atoms with E-state index in [1.807, 2.05) is 25.7 Å². The van der Waals surface area contributed by atoms with Gasteiger partial charge in [-0.25, -0.2) is 4.79 Å². The molecule has 23 heavy (non-hydrogen) atoms. The van der Waals surface area contributed by atoms with Crippen molar-refractivity contribution in [1.29, 1.82) is 0 Å². The molecule has 0 aliphatic carbocycles. The van der Waals surface area contributed by atoms with E-state index in [4.69, 9.17) is 4.74 Å². The number of amides is 1. The molecule has 1 saturated heterocycles. The Hall–Kier alpha value is -1.71. The number of rotatable bonds is 3. The van der Waals surface area contributed by atoms with E-state index < -0.39 is 5.60 Å². The molecule has 1 amide bonds. The molecule has 1 fully saturated rings. The Bertz CT molecular complexity index is 505. The maximum atomic E-state index is 12.2.